The van der Waals surface area contributed by atoms with Crippen LogP contribution in [0.1, 0.15) is 49.2 Å². The minimum atomic E-state index is -0.205. The van der Waals surface area contributed by atoms with Crippen molar-refractivity contribution in [2.24, 2.45) is 0 Å². The molecule has 1 heterocycles. The molecule has 0 saturated carbocycles. The summed E-state index contributed by atoms with van der Waals surface area (Å²) in [6.45, 7) is 6.07. The third-order valence-electron chi connectivity index (χ3n) is 4.02. The molecule has 0 aliphatic heterocycles. The summed E-state index contributed by atoms with van der Waals surface area (Å²) in [5.74, 6) is 0.587. The lowest BCUT2D eigenvalue weighted by Gasteiger charge is -2.21. The number of methoxy groups -OCH3 is 1. The molecule has 1 aromatic carbocycles. The van der Waals surface area contributed by atoms with Crippen LogP contribution in [0.25, 0.3) is 0 Å². The van der Waals surface area contributed by atoms with Crippen molar-refractivity contribution in [1.82, 2.24) is 19.9 Å². The van der Waals surface area contributed by atoms with Gasteiger partial charge >= 0.3 is 0 Å². The second kappa shape index (κ2) is 9.70. The maximum Gasteiger partial charge on any atom is 0.224 e. The molecule has 0 saturated heterocycles. The van der Waals surface area contributed by atoms with E-state index in [1.165, 1.54) is 0 Å². The zero-order valence-corrected chi connectivity index (χ0v) is 15.6. The summed E-state index contributed by atoms with van der Waals surface area (Å²) in [7, 11) is 1.58. The molecule has 7 nitrogen and oxygen atoms in total. The fourth-order valence-electron chi connectivity index (χ4n) is 2.67. The van der Waals surface area contributed by atoms with E-state index in [1.54, 1.807) is 42.3 Å². The Labute approximate surface area is 153 Å². The number of nitrogens with zero attached hydrogens (tertiary/aromatic N) is 4. The van der Waals surface area contributed by atoms with Crippen LogP contribution >= 0.6 is 0 Å². The average Bonchev–Trinajstić information content (AvgIpc) is 3.14. The summed E-state index contributed by atoms with van der Waals surface area (Å²) >= 11 is 0. The topological polar surface area (TPSA) is 77.3 Å². The number of benzene rings is 1. The summed E-state index contributed by atoms with van der Waals surface area (Å²) in [6, 6.07) is 6.84. The van der Waals surface area contributed by atoms with Gasteiger partial charge in [0.05, 0.1) is 19.9 Å². The highest BCUT2D eigenvalue weighted by molar-refractivity contribution is 6.07. The number of hydrogen-bond donors (Lipinski definition) is 0. The number of hydrogen-bond acceptors (Lipinski definition) is 5. The first kappa shape index (κ1) is 19.6. The molecule has 2 rings (SSSR count). The molecule has 0 N–H and O–H groups in total. The zero-order valence-electron chi connectivity index (χ0n) is 15.6. The van der Waals surface area contributed by atoms with E-state index in [1.807, 2.05) is 4.90 Å². The van der Waals surface area contributed by atoms with Gasteiger partial charge in [-0.2, -0.15) is 0 Å². The maximum absolute atomic E-state index is 12.4. The van der Waals surface area contributed by atoms with Crippen LogP contribution in [-0.2, 0) is 11.3 Å². The Morgan fingerprint density at radius 2 is 1.77 bits per heavy atom. The Morgan fingerprint density at radius 1 is 1.12 bits per heavy atom. The molecule has 0 radical (unpaired) electrons. The fraction of sp³-hybridized carbons (Fsp3) is 0.474. The lowest BCUT2D eigenvalue weighted by atomic mass is 10.1. The van der Waals surface area contributed by atoms with E-state index >= 15 is 0 Å². The number of amides is 1. The average molecular weight is 358 g/mol. The molecule has 1 amide bonds. The molecule has 0 fully saturated rings. The highest BCUT2D eigenvalue weighted by Crippen LogP contribution is 2.14. The highest BCUT2D eigenvalue weighted by Gasteiger charge is 2.15. The van der Waals surface area contributed by atoms with Gasteiger partial charge in [0.25, 0.3) is 0 Å². The van der Waals surface area contributed by atoms with Gasteiger partial charge in [-0.25, -0.2) is 0 Å². The monoisotopic (exact) mass is 358 g/mol. The van der Waals surface area contributed by atoms with Crippen LogP contribution in [-0.4, -0.2) is 51.8 Å². The molecule has 0 aliphatic carbocycles. The van der Waals surface area contributed by atoms with E-state index in [-0.39, 0.29) is 17.4 Å². The van der Waals surface area contributed by atoms with Crippen LogP contribution in [0, 0.1) is 0 Å². The van der Waals surface area contributed by atoms with Crippen LogP contribution in [0.2, 0.25) is 0 Å². The minimum absolute atomic E-state index is 0.104. The van der Waals surface area contributed by atoms with Crippen molar-refractivity contribution in [3.63, 3.8) is 0 Å². The number of ether oxygens (including phenoxy) is 1. The van der Waals surface area contributed by atoms with Crippen molar-refractivity contribution in [2.45, 2.75) is 39.7 Å². The van der Waals surface area contributed by atoms with Crippen LogP contribution < -0.4 is 4.74 Å². The molecule has 0 spiro atoms. The lowest BCUT2D eigenvalue weighted by Crippen LogP contribution is -2.33. The molecular weight excluding hydrogens is 332 g/mol. The highest BCUT2D eigenvalue weighted by atomic mass is 16.5. The van der Waals surface area contributed by atoms with Crippen molar-refractivity contribution >= 4 is 11.7 Å². The van der Waals surface area contributed by atoms with Gasteiger partial charge in [0, 0.05) is 25.1 Å². The largest absolute Gasteiger partial charge is 0.497 e. The number of aryl methyl sites for hydroxylation is 1. The Kier molecular flexibility index (Phi) is 7.32. The molecule has 0 bridgehead atoms. The SMILES string of the molecule is CCCN(CCC)C(=O)CCn1cc(C(=O)c2ccc(OC)cc2)nn1. The number of carbonyl (C=O) groups is 2. The van der Waals surface area contributed by atoms with E-state index in [4.69, 9.17) is 4.74 Å². The van der Waals surface area contributed by atoms with E-state index in [2.05, 4.69) is 24.2 Å². The molecule has 1 aromatic heterocycles. The maximum atomic E-state index is 12.4. The Hall–Kier alpha value is -2.70. The molecule has 26 heavy (non-hydrogen) atoms. The zero-order chi connectivity index (χ0) is 18.9. The Bertz CT molecular complexity index is 719. The first-order valence-corrected chi connectivity index (χ1v) is 8.95. The van der Waals surface area contributed by atoms with Gasteiger partial charge in [-0.3, -0.25) is 14.3 Å². The third kappa shape index (κ3) is 5.15. The lowest BCUT2D eigenvalue weighted by molar-refractivity contribution is -0.131. The van der Waals surface area contributed by atoms with Crippen LogP contribution in [0.15, 0.2) is 30.5 Å². The van der Waals surface area contributed by atoms with Crippen LogP contribution in [0.3, 0.4) is 0 Å². The number of ketones is 1. The van der Waals surface area contributed by atoms with E-state index < -0.39 is 0 Å². The Morgan fingerprint density at radius 3 is 2.35 bits per heavy atom. The van der Waals surface area contributed by atoms with Gasteiger partial charge in [-0.15, -0.1) is 5.10 Å². The van der Waals surface area contributed by atoms with Crippen molar-refractivity contribution in [1.29, 1.82) is 0 Å². The predicted molar refractivity (Wildman–Crippen MR) is 98.2 cm³/mol. The summed E-state index contributed by atoms with van der Waals surface area (Å²) in [6.07, 6.45) is 3.81. The van der Waals surface area contributed by atoms with Gasteiger partial charge in [0.2, 0.25) is 11.7 Å². The Balaban J connectivity index is 1.96. The molecular formula is C19H26N4O3. The fourth-order valence-corrected chi connectivity index (χ4v) is 2.67. The number of carbonyl (C=O) groups excluding carboxylic acids is 2. The van der Waals surface area contributed by atoms with Crippen LogP contribution in [0.4, 0.5) is 0 Å². The number of aromatic nitrogens is 3. The molecule has 7 heteroatoms. The quantitative estimate of drug-likeness (QED) is 0.610. The standard InChI is InChI=1S/C19H26N4O3/c1-4-11-22(12-5-2)18(24)10-13-23-14-17(20-21-23)19(25)15-6-8-16(26-3)9-7-15/h6-9,14H,4-5,10-13H2,1-3H3. The van der Waals surface area contributed by atoms with E-state index in [0.29, 0.717) is 24.3 Å². The van der Waals surface area contributed by atoms with Gasteiger partial charge in [0.1, 0.15) is 5.75 Å². The molecule has 0 unspecified atom stereocenters. The molecule has 0 aliphatic rings. The van der Waals surface area contributed by atoms with E-state index in [0.717, 1.165) is 25.9 Å². The first-order valence-electron chi connectivity index (χ1n) is 8.95. The summed E-state index contributed by atoms with van der Waals surface area (Å²) in [5.41, 5.74) is 0.785. The smallest absolute Gasteiger partial charge is 0.224 e. The minimum Gasteiger partial charge on any atom is -0.497 e. The van der Waals surface area contributed by atoms with Gasteiger partial charge in [0.15, 0.2) is 5.69 Å². The molecule has 0 atom stereocenters. The van der Waals surface area contributed by atoms with E-state index in [9.17, 15) is 9.59 Å². The van der Waals surface area contributed by atoms with Crippen molar-refractivity contribution < 1.29 is 14.3 Å². The van der Waals surface area contributed by atoms with Gasteiger partial charge in [-0.05, 0) is 37.1 Å². The van der Waals surface area contributed by atoms with Crippen molar-refractivity contribution in [3.05, 3.63) is 41.7 Å². The first-order chi connectivity index (χ1) is 12.6. The predicted octanol–water partition coefficient (Wildman–Crippen LogP) is 2.56. The normalized spacial score (nSPS) is 10.6. The molecule has 2 aromatic rings. The van der Waals surface area contributed by atoms with Crippen molar-refractivity contribution in [3.8, 4) is 5.75 Å². The summed E-state index contributed by atoms with van der Waals surface area (Å²) < 4.78 is 6.63. The number of rotatable bonds is 10. The summed E-state index contributed by atoms with van der Waals surface area (Å²) in [4.78, 5) is 26.6. The second-order valence-electron chi connectivity index (χ2n) is 6.06. The van der Waals surface area contributed by atoms with Crippen LogP contribution in [0.5, 0.6) is 5.75 Å². The molecule has 140 valence electrons. The second-order valence-corrected chi connectivity index (χ2v) is 6.06. The van der Waals surface area contributed by atoms with Gasteiger partial charge in [-0.1, -0.05) is 19.1 Å². The summed E-state index contributed by atoms with van der Waals surface area (Å²) in [5, 5.41) is 7.91. The third-order valence-corrected chi connectivity index (χ3v) is 4.02. The van der Waals surface area contributed by atoms with Crippen molar-refractivity contribution in [2.75, 3.05) is 20.2 Å². The van der Waals surface area contributed by atoms with Gasteiger partial charge < -0.3 is 9.64 Å².